The molecule has 5 unspecified atom stereocenters. The van der Waals surface area contributed by atoms with E-state index >= 15 is 0 Å². The highest BCUT2D eigenvalue weighted by Crippen LogP contribution is 2.13. The second-order valence-electron chi connectivity index (χ2n) is 9.17. The number of benzene rings is 2. The van der Waals surface area contributed by atoms with Crippen LogP contribution in [-0.4, -0.2) is 58.1 Å². The number of aliphatic carboxylic acids is 1. The van der Waals surface area contributed by atoms with E-state index in [0.717, 1.165) is 11.1 Å². The first-order chi connectivity index (χ1) is 17.5. The van der Waals surface area contributed by atoms with Crippen molar-refractivity contribution in [3.05, 3.63) is 65.7 Å². The Balaban J connectivity index is 2.17. The van der Waals surface area contributed by atoms with E-state index in [1.54, 1.807) is 43.3 Å². The van der Waals surface area contributed by atoms with Crippen LogP contribution in [0, 0.1) is 5.92 Å². The Labute approximate surface area is 216 Å². The summed E-state index contributed by atoms with van der Waals surface area (Å²) in [5.74, 6) is -3.13. The molecule has 0 aliphatic carbocycles. The molecule has 0 radical (unpaired) electrons. The van der Waals surface area contributed by atoms with E-state index in [1.807, 2.05) is 13.0 Å². The predicted molar refractivity (Wildman–Crippen MR) is 138 cm³/mol. The lowest BCUT2D eigenvalue weighted by atomic mass is 9.96. The number of carbonyl (C=O) groups is 4. The maximum absolute atomic E-state index is 13.3. The maximum atomic E-state index is 13.3. The summed E-state index contributed by atoms with van der Waals surface area (Å²) in [6.07, 6.45) is 0.899. The van der Waals surface area contributed by atoms with Crippen molar-refractivity contribution in [2.45, 2.75) is 64.2 Å². The Morgan fingerprint density at radius 2 is 1.41 bits per heavy atom. The van der Waals surface area contributed by atoms with Gasteiger partial charge in [0, 0.05) is 6.42 Å². The largest absolute Gasteiger partial charge is 0.508 e. The molecule has 5 atom stereocenters. The van der Waals surface area contributed by atoms with Crippen molar-refractivity contribution in [1.29, 1.82) is 0 Å². The molecular formula is C27H36N4O6. The number of phenolic OH excluding ortho intramolecular Hbond substituents is 1. The molecule has 0 spiro atoms. The summed E-state index contributed by atoms with van der Waals surface area (Å²) in [6, 6.07) is 11.2. The quantitative estimate of drug-likeness (QED) is 0.233. The number of nitrogens with two attached hydrogens (primary N) is 1. The minimum Gasteiger partial charge on any atom is -0.508 e. The molecule has 0 saturated carbocycles. The second kappa shape index (κ2) is 14.0. The molecule has 0 fully saturated rings. The monoisotopic (exact) mass is 512 g/mol. The van der Waals surface area contributed by atoms with Gasteiger partial charge in [-0.15, -0.1) is 0 Å². The Kier molecular flexibility index (Phi) is 11.1. The van der Waals surface area contributed by atoms with Gasteiger partial charge in [-0.25, -0.2) is 0 Å². The fourth-order valence-corrected chi connectivity index (χ4v) is 3.64. The summed E-state index contributed by atoms with van der Waals surface area (Å²) in [5.41, 5.74) is 7.60. The third-order valence-corrected chi connectivity index (χ3v) is 6.17. The number of hydrogen-bond acceptors (Lipinski definition) is 6. The minimum absolute atomic E-state index is 0.0992. The number of nitrogens with one attached hydrogen (secondary N) is 3. The van der Waals surface area contributed by atoms with Crippen molar-refractivity contribution in [3.8, 4) is 5.75 Å². The third-order valence-electron chi connectivity index (χ3n) is 6.17. The SMILES string of the molecule is CCC(C)C(NC(=O)C(N)Cc1ccc(O)cc1)C(=O)NC(Cc1ccccc1)C(=O)NC(C)C(=O)O. The second-order valence-corrected chi connectivity index (χ2v) is 9.17. The zero-order valence-corrected chi connectivity index (χ0v) is 21.3. The van der Waals surface area contributed by atoms with Gasteiger partial charge in [0.05, 0.1) is 6.04 Å². The number of carboxylic acids is 1. The number of carbonyl (C=O) groups excluding carboxylic acids is 3. The van der Waals surface area contributed by atoms with Crippen LogP contribution in [0.5, 0.6) is 5.75 Å². The van der Waals surface area contributed by atoms with Crippen molar-refractivity contribution in [2.24, 2.45) is 11.7 Å². The molecule has 0 heterocycles. The lowest BCUT2D eigenvalue weighted by molar-refractivity contribution is -0.141. The highest BCUT2D eigenvalue weighted by Gasteiger charge is 2.32. The van der Waals surface area contributed by atoms with Gasteiger partial charge >= 0.3 is 5.97 Å². The average molecular weight is 513 g/mol. The minimum atomic E-state index is -1.20. The lowest BCUT2D eigenvalue weighted by Crippen LogP contribution is -2.59. The summed E-state index contributed by atoms with van der Waals surface area (Å²) < 4.78 is 0. The average Bonchev–Trinajstić information content (AvgIpc) is 2.87. The Hall–Kier alpha value is -3.92. The van der Waals surface area contributed by atoms with E-state index in [-0.39, 0.29) is 24.5 Å². The Morgan fingerprint density at radius 1 is 0.811 bits per heavy atom. The van der Waals surface area contributed by atoms with Crippen LogP contribution in [0.25, 0.3) is 0 Å². The third kappa shape index (κ3) is 9.23. The molecule has 2 rings (SSSR count). The molecule has 7 N–H and O–H groups in total. The first kappa shape index (κ1) is 29.3. The molecule has 200 valence electrons. The molecule has 0 aromatic heterocycles. The zero-order chi connectivity index (χ0) is 27.5. The van der Waals surface area contributed by atoms with Gasteiger partial charge in [0.2, 0.25) is 17.7 Å². The van der Waals surface area contributed by atoms with Crippen LogP contribution < -0.4 is 21.7 Å². The van der Waals surface area contributed by atoms with E-state index in [2.05, 4.69) is 16.0 Å². The molecule has 0 bridgehead atoms. The molecule has 0 saturated heterocycles. The van der Waals surface area contributed by atoms with Gasteiger partial charge in [0.1, 0.15) is 23.9 Å². The van der Waals surface area contributed by atoms with E-state index in [0.29, 0.717) is 6.42 Å². The number of carboxylic acid groups (broad SMARTS) is 1. The summed E-state index contributed by atoms with van der Waals surface area (Å²) in [5, 5.41) is 26.4. The van der Waals surface area contributed by atoms with Gasteiger partial charge in [-0.3, -0.25) is 19.2 Å². The summed E-state index contributed by atoms with van der Waals surface area (Å²) in [6.45, 7) is 5.00. The summed E-state index contributed by atoms with van der Waals surface area (Å²) in [7, 11) is 0. The predicted octanol–water partition coefficient (Wildman–Crippen LogP) is 1.11. The number of aromatic hydroxyl groups is 1. The van der Waals surface area contributed by atoms with E-state index in [1.165, 1.54) is 19.1 Å². The number of amides is 3. The summed E-state index contributed by atoms with van der Waals surface area (Å²) in [4.78, 5) is 50.3. The van der Waals surface area contributed by atoms with Crippen molar-refractivity contribution >= 4 is 23.7 Å². The van der Waals surface area contributed by atoms with Gasteiger partial charge < -0.3 is 31.9 Å². The normalized spacial score (nSPS) is 14.9. The van der Waals surface area contributed by atoms with Gasteiger partial charge in [-0.1, -0.05) is 62.7 Å². The molecule has 0 aliphatic heterocycles. The molecule has 10 nitrogen and oxygen atoms in total. The highest BCUT2D eigenvalue weighted by molar-refractivity contribution is 5.94. The first-order valence-corrected chi connectivity index (χ1v) is 12.2. The van der Waals surface area contributed by atoms with Crippen LogP contribution >= 0.6 is 0 Å². The maximum Gasteiger partial charge on any atom is 0.325 e. The van der Waals surface area contributed by atoms with Gasteiger partial charge in [0.25, 0.3) is 0 Å². The van der Waals surface area contributed by atoms with Crippen molar-refractivity contribution in [3.63, 3.8) is 0 Å². The molecule has 3 amide bonds. The van der Waals surface area contributed by atoms with Gasteiger partial charge in [-0.05, 0) is 42.5 Å². The molecule has 0 aliphatic rings. The van der Waals surface area contributed by atoms with Crippen molar-refractivity contribution < 1.29 is 29.4 Å². The standard InChI is InChI=1S/C27H36N4O6/c1-4-16(2)23(31-24(33)21(28)14-19-10-12-20(32)13-11-19)26(35)30-22(15-18-8-6-5-7-9-18)25(34)29-17(3)27(36)37/h5-13,16-17,21-23,32H,4,14-15,28H2,1-3H3,(H,29,34)(H,30,35)(H,31,33)(H,36,37). The van der Waals surface area contributed by atoms with E-state index < -0.39 is 47.9 Å². The van der Waals surface area contributed by atoms with Crippen LogP contribution in [0.15, 0.2) is 54.6 Å². The highest BCUT2D eigenvalue weighted by atomic mass is 16.4. The fourth-order valence-electron chi connectivity index (χ4n) is 3.64. The number of hydrogen-bond donors (Lipinski definition) is 6. The van der Waals surface area contributed by atoms with Crippen LogP contribution in [0.2, 0.25) is 0 Å². The molecule has 37 heavy (non-hydrogen) atoms. The molecule has 2 aromatic carbocycles. The van der Waals surface area contributed by atoms with Crippen LogP contribution in [-0.2, 0) is 32.0 Å². The number of phenols is 1. The Morgan fingerprint density at radius 3 is 1.97 bits per heavy atom. The lowest BCUT2D eigenvalue weighted by Gasteiger charge is -2.28. The van der Waals surface area contributed by atoms with E-state index in [9.17, 15) is 29.4 Å². The molecule has 10 heteroatoms. The van der Waals surface area contributed by atoms with E-state index in [4.69, 9.17) is 5.73 Å². The number of rotatable bonds is 13. The van der Waals surface area contributed by atoms with Crippen molar-refractivity contribution in [2.75, 3.05) is 0 Å². The molecular weight excluding hydrogens is 476 g/mol. The zero-order valence-electron chi connectivity index (χ0n) is 21.3. The molecule has 2 aromatic rings. The first-order valence-electron chi connectivity index (χ1n) is 12.2. The fraction of sp³-hybridized carbons (Fsp3) is 0.407. The van der Waals surface area contributed by atoms with Crippen LogP contribution in [0.1, 0.15) is 38.3 Å². The van der Waals surface area contributed by atoms with Crippen LogP contribution in [0.3, 0.4) is 0 Å². The smallest absolute Gasteiger partial charge is 0.325 e. The Bertz CT molecular complexity index is 1060. The van der Waals surface area contributed by atoms with Crippen molar-refractivity contribution in [1.82, 2.24) is 16.0 Å². The topological polar surface area (TPSA) is 171 Å². The van der Waals surface area contributed by atoms with Gasteiger partial charge in [0.15, 0.2) is 0 Å². The van der Waals surface area contributed by atoms with Gasteiger partial charge in [-0.2, -0.15) is 0 Å². The van der Waals surface area contributed by atoms with Crippen LogP contribution in [0.4, 0.5) is 0 Å². The summed E-state index contributed by atoms with van der Waals surface area (Å²) >= 11 is 0.